The lowest BCUT2D eigenvalue weighted by molar-refractivity contribution is -0.165. The predicted molar refractivity (Wildman–Crippen MR) is 76.6 cm³/mol. The zero-order valence-electron chi connectivity index (χ0n) is 11.2. The van der Waals surface area contributed by atoms with Gasteiger partial charge in [0.25, 0.3) is 0 Å². The average molecular weight is 305 g/mol. The number of benzene rings is 1. The molecule has 0 heterocycles. The van der Waals surface area contributed by atoms with Crippen molar-refractivity contribution in [3.63, 3.8) is 0 Å². The van der Waals surface area contributed by atoms with Crippen LogP contribution in [0.5, 0.6) is 0 Å². The van der Waals surface area contributed by atoms with Crippen molar-refractivity contribution < 1.29 is 14.6 Å². The molecular formula is C14H18Cl2O3. The van der Waals surface area contributed by atoms with Crippen LogP contribution in [0.3, 0.4) is 0 Å². The van der Waals surface area contributed by atoms with Gasteiger partial charge in [-0.2, -0.15) is 0 Å². The molecule has 3 nitrogen and oxygen atoms in total. The summed E-state index contributed by atoms with van der Waals surface area (Å²) in [4.78, 5) is 11.6. The molecule has 0 radical (unpaired) electrons. The second kappa shape index (κ2) is 6.60. The smallest absolute Gasteiger partial charge is 0.335 e. The molecule has 0 bridgehead atoms. The molecule has 1 N–H and O–H groups in total. The standard InChI is InChI=1S/C14H18Cl2O3/c1-14(2,3)19-13(18)12(17)7-5-9-4-6-10(15)11(16)8-9/h4,6,8,12,17H,5,7H2,1-3H3/t12-/m1/s1. The number of ether oxygens (including phenoxy) is 1. The van der Waals surface area contributed by atoms with Crippen LogP contribution in [-0.2, 0) is 16.0 Å². The minimum Gasteiger partial charge on any atom is -0.458 e. The summed E-state index contributed by atoms with van der Waals surface area (Å²) in [5, 5.41) is 10.7. The third kappa shape index (κ3) is 5.81. The molecule has 0 unspecified atom stereocenters. The lowest BCUT2D eigenvalue weighted by Crippen LogP contribution is -2.32. The van der Waals surface area contributed by atoms with E-state index in [1.807, 2.05) is 6.07 Å². The molecule has 1 aromatic carbocycles. The van der Waals surface area contributed by atoms with Gasteiger partial charge in [0.15, 0.2) is 6.10 Å². The van der Waals surface area contributed by atoms with Gasteiger partial charge in [0, 0.05) is 0 Å². The molecule has 0 aliphatic carbocycles. The van der Waals surface area contributed by atoms with Crippen molar-refractivity contribution in [2.75, 3.05) is 0 Å². The highest BCUT2D eigenvalue weighted by Crippen LogP contribution is 2.23. The maximum atomic E-state index is 11.6. The predicted octanol–water partition coefficient (Wildman–Crippen LogP) is 3.63. The van der Waals surface area contributed by atoms with Gasteiger partial charge in [-0.05, 0) is 51.3 Å². The number of aryl methyl sites for hydroxylation is 1. The Balaban J connectivity index is 2.52. The fourth-order valence-electron chi connectivity index (χ4n) is 1.49. The Morgan fingerprint density at radius 2 is 1.95 bits per heavy atom. The molecule has 0 aromatic heterocycles. The number of rotatable bonds is 4. The van der Waals surface area contributed by atoms with Gasteiger partial charge in [-0.25, -0.2) is 4.79 Å². The van der Waals surface area contributed by atoms with E-state index in [0.29, 0.717) is 16.5 Å². The van der Waals surface area contributed by atoms with E-state index in [9.17, 15) is 9.90 Å². The third-order valence-corrected chi connectivity index (χ3v) is 3.11. The third-order valence-electron chi connectivity index (χ3n) is 2.37. The lowest BCUT2D eigenvalue weighted by Gasteiger charge is -2.21. The summed E-state index contributed by atoms with van der Waals surface area (Å²) in [5.41, 5.74) is 0.318. The van der Waals surface area contributed by atoms with E-state index in [0.717, 1.165) is 5.56 Å². The van der Waals surface area contributed by atoms with Gasteiger partial charge in [-0.1, -0.05) is 29.3 Å². The van der Waals surface area contributed by atoms with Gasteiger partial charge in [0.2, 0.25) is 0 Å². The molecular weight excluding hydrogens is 287 g/mol. The Morgan fingerprint density at radius 1 is 1.32 bits per heavy atom. The van der Waals surface area contributed by atoms with Gasteiger partial charge in [-0.3, -0.25) is 0 Å². The van der Waals surface area contributed by atoms with Crippen LogP contribution in [0.2, 0.25) is 10.0 Å². The van der Waals surface area contributed by atoms with E-state index in [1.165, 1.54) is 0 Å². The molecule has 1 atom stereocenters. The maximum absolute atomic E-state index is 11.6. The van der Waals surface area contributed by atoms with E-state index >= 15 is 0 Å². The first-order valence-corrected chi connectivity index (χ1v) is 6.79. The van der Waals surface area contributed by atoms with E-state index < -0.39 is 17.7 Å². The molecule has 0 spiro atoms. The summed E-state index contributed by atoms with van der Waals surface area (Å²) in [6.07, 6.45) is -0.321. The van der Waals surface area contributed by atoms with Crippen LogP contribution in [0.15, 0.2) is 18.2 Å². The molecule has 1 rings (SSSR count). The Kier molecular flexibility index (Phi) is 5.65. The van der Waals surface area contributed by atoms with Crippen LogP contribution in [-0.4, -0.2) is 22.8 Å². The first kappa shape index (κ1) is 16.3. The van der Waals surface area contributed by atoms with E-state index in [1.54, 1.807) is 32.9 Å². The summed E-state index contributed by atoms with van der Waals surface area (Å²) < 4.78 is 5.09. The molecule has 0 fully saturated rings. The van der Waals surface area contributed by atoms with Crippen LogP contribution in [0.1, 0.15) is 32.8 Å². The number of aliphatic hydroxyl groups is 1. The normalized spacial score (nSPS) is 13.2. The number of hydrogen-bond acceptors (Lipinski definition) is 3. The number of halogens is 2. The number of esters is 1. The lowest BCUT2D eigenvalue weighted by atomic mass is 10.1. The van der Waals surface area contributed by atoms with Crippen LogP contribution < -0.4 is 0 Å². The summed E-state index contributed by atoms with van der Waals surface area (Å²) in [6, 6.07) is 5.24. The topological polar surface area (TPSA) is 46.5 Å². The van der Waals surface area contributed by atoms with Gasteiger partial charge >= 0.3 is 5.97 Å². The Morgan fingerprint density at radius 3 is 2.47 bits per heavy atom. The first-order valence-electron chi connectivity index (χ1n) is 6.04. The van der Waals surface area contributed by atoms with Crippen molar-refractivity contribution >= 4 is 29.2 Å². The summed E-state index contributed by atoms with van der Waals surface area (Å²) in [6.45, 7) is 5.28. The Hall–Kier alpha value is -0.770. The zero-order chi connectivity index (χ0) is 14.6. The van der Waals surface area contributed by atoms with Crippen LogP contribution >= 0.6 is 23.2 Å². The highest BCUT2D eigenvalue weighted by Gasteiger charge is 2.22. The van der Waals surface area contributed by atoms with Crippen LogP contribution in [0.4, 0.5) is 0 Å². The molecule has 0 aliphatic rings. The molecule has 0 saturated heterocycles. The quantitative estimate of drug-likeness (QED) is 0.864. The van der Waals surface area contributed by atoms with Gasteiger partial charge in [0.1, 0.15) is 5.60 Å². The van der Waals surface area contributed by atoms with Crippen molar-refractivity contribution in [1.29, 1.82) is 0 Å². The largest absolute Gasteiger partial charge is 0.458 e. The molecule has 5 heteroatoms. The SMILES string of the molecule is CC(C)(C)OC(=O)[C@H](O)CCc1ccc(Cl)c(Cl)c1. The van der Waals surface area contributed by atoms with Crippen molar-refractivity contribution in [1.82, 2.24) is 0 Å². The molecule has 19 heavy (non-hydrogen) atoms. The number of carbonyl (C=O) groups excluding carboxylic acids is 1. The highest BCUT2D eigenvalue weighted by molar-refractivity contribution is 6.42. The fourth-order valence-corrected chi connectivity index (χ4v) is 1.81. The maximum Gasteiger partial charge on any atom is 0.335 e. The molecule has 0 amide bonds. The second-order valence-corrected chi connectivity index (χ2v) is 6.15. The van der Waals surface area contributed by atoms with Crippen molar-refractivity contribution in [3.05, 3.63) is 33.8 Å². The molecule has 0 aliphatic heterocycles. The number of aliphatic hydroxyl groups excluding tert-OH is 1. The molecule has 1 aromatic rings. The van der Waals surface area contributed by atoms with Crippen LogP contribution in [0.25, 0.3) is 0 Å². The van der Waals surface area contributed by atoms with Crippen molar-refractivity contribution in [2.24, 2.45) is 0 Å². The number of carbonyl (C=O) groups is 1. The van der Waals surface area contributed by atoms with Crippen LogP contribution in [0, 0.1) is 0 Å². The van der Waals surface area contributed by atoms with Crippen molar-refractivity contribution in [3.8, 4) is 0 Å². The minimum absolute atomic E-state index is 0.285. The zero-order valence-corrected chi connectivity index (χ0v) is 12.8. The van der Waals surface area contributed by atoms with Gasteiger partial charge in [-0.15, -0.1) is 0 Å². The molecule has 106 valence electrons. The Bertz CT molecular complexity index is 452. The van der Waals surface area contributed by atoms with E-state index in [2.05, 4.69) is 0 Å². The molecule has 0 saturated carbocycles. The van der Waals surface area contributed by atoms with E-state index in [4.69, 9.17) is 27.9 Å². The minimum atomic E-state index is -1.13. The van der Waals surface area contributed by atoms with Gasteiger partial charge < -0.3 is 9.84 Å². The average Bonchev–Trinajstić information content (AvgIpc) is 2.28. The van der Waals surface area contributed by atoms with E-state index in [-0.39, 0.29) is 6.42 Å². The summed E-state index contributed by atoms with van der Waals surface area (Å²) >= 11 is 11.7. The van der Waals surface area contributed by atoms with Gasteiger partial charge in [0.05, 0.1) is 10.0 Å². The first-order chi connectivity index (χ1) is 8.69. The summed E-state index contributed by atoms with van der Waals surface area (Å²) in [7, 11) is 0. The summed E-state index contributed by atoms with van der Waals surface area (Å²) in [5.74, 6) is -0.604. The van der Waals surface area contributed by atoms with Crippen molar-refractivity contribution in [2.45, 2.75) is 45.3 Å². The monoisotopic (exact) mass is 304 g/mol. The highest BCUT2D eigenvalue weighted by atomic mass is 35.5. The second-order valence-electron chi connectivity index (χ2n) is 5.34. The number of hydrogen-bond donors (Lipinski definition) is 1. The fraction of sp³-hybridized carbons (Fsp3) is 0.500. The Labute approximate surface area is 123 Å².